The Hall–Kier alpha value is -1.46. The van der Waals surface area contributed by atoms with Gasteiger partial charge >= 0.3 is 0 Å². The zero-order chi connectivity index (χ0) is 15.3. The lowest BCUT2D eigenvalue weighted by atomic mass is 9.93. The van der Waals surface area contributed by atoms with Gasteiger partial charge in [-0.2, -0.15) is 0 Å². The van der Waals surface area contributed by atoms with Gasteiger partial charge < -0.3 is 10.2 Å². The molecule has 0 aliphatic carbocycles. The fraction of sp³-hybridized carbons (Fsp3) is 0.600. The average Bonchev–Trinajstić information content (AvgIpc) is 2.28. The summed E-state index contributed by atoms with van der Waals surface area (Å²) in [5, 5.41) is 14.3. The first-order valence-electron chi connectivity index (χ1n) is 6.81. The molecule has 0 aromatic heterocycles. The molecule has 5 heteroatoms. The molecule has 5 nitrogen and oxygen atoms in total. The van der Waals surface area contributed by atoms with Crippen molar-refractivity contribution < 1.29 is 4.92 Å². The van der Waals surface area contributed by atoms with Gasteiger partial charge in [0.2, 0.25) is 0 Å². The Labute approximate surface area is 121 Å². The minimum atomic E-state index is -0.325. The topological polar surface area (TPSA) is 58.4 Å². The molecule has 20 heavy (non-hydrogen) atoms. The summed E-state index contributed by atoms with van der Waals surface area (Å²) in [6.45, 7) is 8.68. The Bertz CT molecular complexity index is 470. The zero-order valence-electron chi connectivity index (χ0n) is 13.1. The Morgan fingerprint density at radius 3 is 2.55 bits per heavy atom. The SMILES string of the molecule is Cc1ccc(CNCC(C)(C)CN(C)C)cc1[N+](=O)[O-]. The van der Waals surface area contributed by atoms with E-state index in [4.69, 9.17) is 0 Å². The van der Waals surface area contributed by atoms with Gasteiger partial charge in [-0.3, -0.25) is 10.1 Å². The molecule has 0 heterocycles. The van der Waals surface area contributed by atoms with Crippen molar-refractivity contribution in [1.29, 1.82) is 0 Å². The predicted molar refractivity (Wildman–Crippen MR) is 81.9 cm³/mol. The summed E-state index contributed by atoms with van der Waals surface area (Å²) in [5.41, 5.74) is 2.01. The fourth-order valence-corrected chi connectivity index (χ4v) is 2.42. The van der Waals surface area contributed by atoms with Crippen molar-refractivity contribution in [2.75, 3.05) is 27.2 Å². The van der Waals surface area contributed by atoms with Gasteiger partial charge in [-0.1, -0.05) is 26.0 Å². The van der Waals surface area contributed by atoms with Crippen LogP contribution in [0.4, 0.5) is 5.69 Å². The van der Waals surface area contributed by atoms with E-state index in [1.165, 1.54) is 0 Å². The molecule has 0 bridgehead atoms. The average molecular weight is 279 g/mol. The lowest BCUT2D eigenvalue weighted by Crippen LogP contribution is -2.37. The first-order valence-corrected chi connectivity index (χ1v) is 6.81. The van der Waals surface area contributed by atoms with Gasteiger partial charge in [0.05, 0.1) is 4.92 Å². The largest absolute Gasteiger partial charge is 0.312 e. The van der Waals surface area contributed by atoms with Gasteiger partial charge in [-0.25, -0.2) is 0 Å². The minimum absolute atomic E-state index is 0.167. The summed E-state index contributed by atoms with van der Waals surface area (Å²) in [6.07, 6.45) is 0. The van der Waals surface area contributed by atoms with Crippen LogP contribution in [0.5, 0.6) is 0 Å². The van der Waals surface area contributed by atoms with Crippen LogP contribution in [0.1, 0.15) is 25.0 Å². The molecule has 0 aliphatic rings. The Balaban J connectivity index is 2.58. The maximum Gasteiger partial charge on any atom is 0.272 e. The van der Waals surface area contributed by atoms with Crippen LogP contribution in [0.2, 0.25) is 0 Å². The van der Waals surface area contributed by atoms with Gasteiger partial charge in [-0.15, -0.1) is 0 Å². The number of nitro groups is 1. The van der Waals surface area contributed by atoms with E-state index in [0.717, 1.165) is 18.7 Å². The number of hydrogen-bond acceptors (Lipinski definition) is 4. The first-order chi connectivity index (χ1) is 9.21. The summed E-state index contributed by atoms with van der Waals surface area (Å²) in [5.74, 6) is 0. The monoisotopic (exact) mass is 279 g/mol. The van der Waals surface area contributed by atoms with E-state index in [1.807, 2.05) is 6.07 Å². The van der Waals surface area contributed by atoms with E-state index in [0.29, 0.717) is 12.1 Å². The Morgan fingerprint density at radius 2 is 2.00 bits per heavy atom. The fourth-order valence-electron chi connectivity index (χ4n) is 2.42. The van der Waals surface area contributed by atoms with Crippen molar-refractivity contribution in [2.24, 2.45) is 5.41 Å². The number of benzene rings is 1. The van der Waals surface area contributed by atoms with Crippen molar-refractivity contribution in [3.8, 4) is 0 Å². The van der Waals surface area contributed by atoms with Crippen LogP contribution in [0, 0.1) is 22.5 Å². The molecule has 0 aliphatic heterocycles. The van der Waals surface area contributed by atoms with Crippen LogP contribution in [0.15, 0.2) is 18.2 Å². The molecule has 0 spiro atoms. The molecule has 1 aromatic carbocycles. The number of rotatable bonds is 7. The molecule has 0 amide bonds. The van der Waals surface area contributed by atoms with Gasteiger partial charge in [0, 0.05) is 31.3 Å². The van der Waals surface area contributed by atoms with Crippen LogP contribution in [-0.2, 0) is 6.54 Å². The molecule has 112 valence electrons. The summed E-state index contributed by atoms with van der Waals surface area (Å²) in [6, 6.07) is 5.40. The van der Waals surface area contributed by atoms with Crippen molar-refractivity contribution in [3.05, 3.63) is 39.4 Å². The standard InChI is InChI=1S/C15H25N3O2/c1-12-6-7-13(8-14(12)18(19)20)9-16-10-15(2,3)11-17(4)5/h6-8,16H,9-11H2,1-5H3. The summed E-state index contributed by atoms with van der Waals surface area (Å²) < 4.78 is 0. The molecule has 0 saturated carbocycles. The molecule has 0 atom stereocenters. The molecular weight excluding hydrogens is 254 g/mol. The molecule has 0 radical (unpaired) electrons. The van der Waals surface area contributed by atoms with E-state index < -0.39 is 0 Å². The molecular formula is C15H25N3O2. The van der Waals surface area contributed by atoms with E-state index in [-0.39, 0.29) is 16.0 Å². The number of nitro benzene ring substituents is 1. The van der Waals surface area contributed by atoms with Crippen LogP contribution in [-0.4, -0.2) is 37.0 Å². The lowest BCUT2D eigenvalue weighted by molar-refractivity contribution is -0.385. The molecule has 0 unspecified atom stereocenters. The van der Waals surface area contributed by atoms with Crippen LogP contribution in [0.3, 0.4) is 0 Å². The molecule has 1 N–H and O–H groups in total. The number of hydrogen-bond donors (Lipinski definition) is 1. The van der Waals surface area contributed by atoms with Gasteiger partial charge in [0.15, 0.2) is 0 Å². The van der Waals surface area contributed by atoms with Crippen molar-refractivity contribution in [1.82, 2.24) is 10.2 Å². The summed E-state index contributed by atoms with van der Waals surface area (Å²) in [4.78, 5) is 12.7. The highest BCUT2D eigenvalue weighted by Crippen LogP contribution is 2.19. The zero-order valence-corrected chi connectivity index (χ0v) is 13.1. The highest BCUT2D eigenvalue weighted by Gasteiger charge is 2.18. The van der Waals surface area contributed by atoms with Crippen LogP contribution >= 0.6 is 0 Å². The Morgan fingerprint density at radius 1 is 1.35 bits per heavy atom. The van der Waals surface area contributed by atoms with E-state index >= 15 is 0 Å². The predicted octanol–water partition coefficient (Wildman–Crippen LogP) is 2.58. The maximum absolute atomic E-state index is 10.9. The Kier molecular flexibility index (Phi) is 5.65. The summed E-state index contributed by atoms with van der Waals surface area (Å²) in [7, 11) is 4.12. The highest BCUT2D eigenvalue weighted by molar-refractivity contribution is 5.42. The van der Waals surface area contributed by atoms with Gasteiger partial charge in [0.1, 0.15) is 0 Å². The highest BCUT2D eigenvalue weighted by atomic mass is 16.6. The second kappa shape index (κ2) is 6.81. The number of nitrogens with zero attached hydrogens (tertiary/aromatic N) is 2. The third-order valence-electron chi connectivity index (χ3n) is 3.15. The molecule has 1 rings (SSSR count). The second-order valence-electron chi connectivity index (χ2n) is 6.38. The molecule has 1 aromatic rings. The van der Waals surface area contributed by atoms with Crippen molar-refractivity contribution in [2.45, 2.75) is 27.3 Å². The van der Waals surface area contributed by atoms with Gasteiger partial charge in [-0.05, 0) is 32.0 Å². The van der Waals surface area contributed by atoms with E-state index in [9.17, 15) is 10.1 Å². The van der Waals surface area contributed by atoms with Crippen molar-refractivity contribution in [3.63, 3.8) is 0 Å². The first kappa shape index (κ1) is 16.6. The number of nitrogens with one attached hydrogen (secondary N) is 1. The quantitative estimate of drug-likeness (QED) is 0.615. The third kappa shape index (κ3) is 5.27. The van der Waals surface area contributed by atoms with Gasteiger partial charge in [0.25, 0.3) is 5.69 Å². The minimum Gasteiger partial charge on any atom is -0.312 e. The second-order valence-corrected chi connectivity index (χ2v) is 6.38. The number of aryl methyl sites for hydroxylation is 1. The smallest absolute Gasteiger partial charge is 0.272 e. The maximum atomic E-state index is 10.9. The summed E-state index contributed by atoms with van der Waals surface area (Å²) >= 11 is 0. The molecule has 0 saturated heterocycles. The lowest BCUT2D eigenvalue weighted by Gasteiger charge is -2.28. The normalized spacial score (nSPS) is 11.9. The van der Waals surface area contributed by atoms with E-state index in [1.54, 1.807) is 19.1 Å². The molecule has 0 fully saturated rings. The third-order valence-corrected chi connectivity index (χ3v) is 3.15. The van der Waals surface area contributed by atoms with Crippen LogP contribution in [0.25, 0.3) is 0 Å². The van der Waals surface area contributed by atoms with Crippen molar-refractivity contribution >= 4 is 5.69 Å². The van der Waals surface area contributed by atoms with Crippen LogP contribution < -0.4 is 5.32 Å². The van der Waals surface area contributed by atoms with E-state index in [2.05, 4.69) is 38.2 Å².